The monoisotopic (exact) mass is 217 g/mol. The number of methoxy groups -OCH3 is 1. The maximum atomic E-state index is 5.17. The molecule has 1 aromatic carbocycles. The zero-order valence-corrected chi connectivity index (χ0v) is 10.2. The molecule has 0 N–H and O–H groups in total. The second-order valence-electron chi connectivity index (χ2n) is 4.66. The number of hydrogen-bond acceptors (Lipinski definition) is 2. The van der Waals surface area contributed by atoms with Crippen LogP contribution in [0.25, 0.3) is 0 Å². The Balaban J connectivity index is 2.06. The topological polar surface area (TPSA) is 21.6 Å². The Labute approximate surface area is 97.4 Å². The number of nitrogens with zero attached hydrogens (tertiary/aromatic N) is 1. The average Bonchev–Trinajstić information content (AvgIpc) is 2.77. The molecule has 16 heavy (non-hydrogen) atoms. The molecule has 0 aromatic heterocycles. The number of ether oxygens (including phenoxy) is 1. The first-order chi connectivity index (χ1) is 7.70. The van der Waals surface area contributed by atoms with Crippen LogP contribution in [0.1, 0.15) is 43.2 Å². The highest BCUT2D eigenvalue weighted by molar-refractivity contribution is 5.78. The minimum Gasteiger partial charge on any atom is -0.484 e. The Bertz CT molecular complexity index is 378. The molecule has 0 fully saturated rings. The van der Waals surface area contributed by atoms with E-state index in [4.69, 9.17) is 4.74 Å². The molecule has 1 unspecified atom stereocenters. The Morgan fingerprint density at radius 1 is 1.25 bits per heavy atom. The predicted octanol–water partition coefficient (Wildman–Crippen LogP) is 3.34. The molecule has 1 heterocycles. The molecule has 0 bridgehead atoms. The molecule has 0 saturated heterocycles. The fourth-order valence-electron chi connectivity index (χ4n) is 2.08. The van der Waals surface area contributed by atoms with Gasteiger partial charge in [0.2, 0.25) is 0 Å². The average molecular weight is 217 g/mol. The van der Waals surface area contributed by atoms with Gasteiger partial charge < -0.3 is 4.74 Å². The van der Waals surface area contributed by atoms with Gasteiger partial charge in [-0.2, -0.15) is 0 Å². The minimum atomic E-state index is 0.510. The highest BCUT2D eigenvalue weighted by Crippen LogP contribution is 2.27. The molecule has 0 amide bonds. The molecular weight excluding hydrogens is 198 g/mol. The Hall–Kier alpha value is -1.31. The summed E-state index contributed by atoms with van der Waals surface area (Å²) in [6.45, 7) is 5.30. The Morgan fingerprint density at radius 2 is 1.94 bits per heavy atom. The lowest BCUT2D eigenvalue weighted by atomic mass is 9.94. The van der Waals surface area contributed by atoms with E-state index in [0.29, 0.717) is 11.8 Å². The van der Waals surface area contributed by atoms with Crippen molar-refractivity contribution in [2.45, 2.75) is 32.1 Å². The molecular formula is C14H19NO. The van der Waals surface area contributed by atoms with Gasteiger partial charge in [0.25, 0.3) is 0 Å². The second-order valence-corrected chi connectivity index (χ2v) is 4.66. The van der Waals surface area contributed by atoms with Gasteiger partial charge in [-0.25, -0.2) is 0 Å². The van der Waals surface area contributed by atoms with Crippen LogP contribution in [0, 0.1) is 0 Å². The largest absolute Gasteiger partial charge is 0.484 e. The highest BCUT2D eigenvalue weighted by Gasteiger charge is 2.20. The van der Waals surface area contributed by atoms with Crippen molar-refractivity contribution < 1.29 is 4.74 Å². The van der Waals surface area contributed by atoms with Gasteiger partial charge in [-0.1, -0.05) is 38.1 Å². The van der Waals surface area contributed by atoms with E-state index in [1.54, 1.807) is 7.11 Å². The summed E-state index contributed by atoms with van der Waals surface area (Å²) >= 11 is 0. The SMILES string of the molecule is COC1=NCC(c2ccc(C(C)C)cc2)C1. The van der Waals surface area contributed by atoms with Crippen molar-refractivity contribution in [2.75, 3.05) is 13.7 Å². The van der Waals surface area contributed by atoms with Crippen LogP contribution in [0.15, 0.2) is 29.3 Å². The fraction of sp³-hybridized carbons (Fsp3) is 0.500. The lowest BCUT2D eigenvalue weighted by molar-refractivity contribution is 0.393. The summed E-state index contributed by atoms with van der Waals surface area (Å²) < 4.78 is 5.17. The van der Waals surface area contributed by atoms with Crippen LogP contribution >= 0.6 is 0 Å². The number of rotatable bonds is 2. The molecule has 1 aliphatic heterocycles. The van der Waals surface area contributed by atoms with E-state index in [1.165, 1.54) is 11.1 Å². The third kappa shape index (κ3) is 2.26. The van der Waals surface area contributed by atoms with Crippen LogP contribution in [-0.4, -0.2) is 19.6 Å². The predicted molar refractivity (Wildman–Crippen MR) is 67.2 cm³/mol. The van der Waals surface area contributed by atoms with Crippen LogP contribution in [-0.2, 0) is 4.74 Å². The van der Waals surface area contributed by atoms with Crippen molar-refractivity contribution >= 4 is 5.90 Å². The van der Waals surface area contributed by atoms with Crippen molar-refractivity contribution in [3.8, 4) is 0 Å². The normalized spacial score (nSPS) is 20.0. The van der Waals surface area contributed by atoms with Gasteiger partial charge in [-0.05, 0) is 17.0 Å². The molecule has 2 nitrogen and oxygen atoms in total. The minimum absolute atomic E-state index is 0.510. The summed E-state index contributed by atoms with van der Waals surface area (Å²) in [7, 11) is 1.70. The quantitative estimate of drug-likeness (QED) is 0.744. The van der Waals surface area contributed by atoms with Crippen LogP contribution in [0.2, 0.25) is 0 Å². The summed E-state index contributed by atoms with van der Waals surface area (Å²) in [6.07, 6.45) is 0.942. The molecule has 0 saturated carbocycles. The number of aliphatic imine (C=N–C) groups is 1. The number of benzene rings is 1. The van der Waals surface area contributed by atoms with Crippen LogP contribution in [0.5, 0.6) is 0 Å². The van der Waals surface area contributed by atoms with E-state index in [1.807, 2.05) is 0 Å². The molecule has 0 radical (unpaired) electrons. The summed E-state index contributed by atoms with van der Waals surface area (Å²) in [5.74, 6) is 2.00. The molecule has 0 spiro atoms. The van der Waals surface area contributed by atoms with E-state index in [0.717, 1.165) is 18.9 Å². The van der Waals surface area contributed by atoms with E-state index in [-0.39, 0.29) is 0 Å². The zero-order valence-electron chi connectivity index (χ0n) is 10.2. The van der Waals surface area contributed by atoms with Gasteiger partial charge in [0.1, 0.15) is 0 Å². The fourth-order valence-corrected chi connectivity index (χ4v) is 2.08. The molecule has 1 aliphatic rings. The lowest BCUT2D eigenvalue weighted by Gasteiger charge is -2.11. The van der Waals surface area contributed by atoms with Crippen LogP contribution in [0.4, 0.5) is 0 Å². The molecule has 86 valence electrons. The van der Waals surface area contributed by atoms with Crippen molar-refractivity contribution in [3.63, 3.8) is 0 Å². The van der Waals surface area contributed by atoms with Crippen LogP contribution < -0.4 is 0 Å². The maximum absolute atomic E-state index is 5.17. The molecule has 2 heteroatoms. The van der Waals surface area contributed by atoms with Gasteiger partial charge in [0.05, 0.1) is 7.11 Å². The van der Waals surface area contributed by atoms with Gasteiger partial charge >= 0.3 is 0 Å². The highest BCUT2D eigenvalue weighted by atomic mass is 16.5. The van der Waals surface area contributed by atoms with E-state index in [9.17, 15) is 0 Å². The molecule has 1 aromatic rings. The van der Waals surface area contributed by atoms with Gasteiger partial charge in [-0.3, -0.25) is 4.99 Å². The standard InChI is InChI=1S/C14H19NO/c1-10(2)11-4-6-12(7-5-11)13-8-14(16-3)15-9-13/h4-7,10,13H,8-9H2,1-3H3. The molecule has 0 aliphatic carbocycles. The third-order valence-corrected chi connectivity index (χ3v) is 3.22. The van der Waals surface area contributed by atoms with Crippen molar-refractivity contribution in [1.29, 1.82) is 0 Å². The first kappa shape index (κ1) is 11.2. The second kappa shape index (κ2) is 4.69. The maximum Gasteiger partial charge on any atom is 0.183 e. The van der Waals surface area contributed by atoms with Crippen molar-refractivity contribution in [2.24, 2.45) is 4.99 Å². The van der Waals surface area contributed by atoms with Crippen molar-refractivity contribution in [3.05, 3.63) is 35.4 Å². The smallest absolute Gasteiger partial charge is 0.183 e. The van der Waals surface area contributed by atoms with E-state index in [2.05, 4.69) is 43.1 Å². The molecule has 1 atom stereocenters. The first-order valence-electron chi connectivity index (χ1n) is 5.88. The van der Waals surface area contributed by atoms with Gasteiger partial charge in [-0.15, -0.1) is 0 Å². The van der Waals surface area contributed by atoms with Crippen molar-refractivity contribution in [1.82, 2.24) is 0 Å². The van der Waals surface area contributed by atoms with Crippen LogP contribution in [0.3, 0.4) is 0 Å². The Morgan fingerprint density at radius 3 is 2.44 bits per heavy atom. The summed E-state index contributed by atoms with van der Waals surface area (Å²) in [5.41, 5.74) is 2.77. The summed E-state index contributed by atoms with van der Waals surface area (Å²) in [5, 5.41) is 0. The van der Waals surface area contributed by atoms with Gasteiger partial charge in [0.15, 0.2) is 5.90 Å². The third-order valence-electron chi connectivity index (χ3n) is 3.22. The van der Waals surface area contributed by atoms with E-state index >= 15 is 0 Å². The zero-order chi connectivity index (χ0) is 11.5. The van der Waals surface area contributed by atoms with Gasteiger partial charge in [0, 0.05) is 18.9 Å². The lowest BCUT2D eigenvalue weighted by Crippen LogP contribution is -2.02. The number of hydrogen-bond donors (Lipinski definition) is 0. The summed E-state index contributed by atoms with van der Waals surface area (Å²) in [4.78, 5) is 4.36. The van der Waals surface area contributed by atoms with E-state index < -0.39 is 0 Å². The summed E-state index contributed by atoms with van der Waals surface area (Å²) in [6, 6.07) is 8.91. The Kier molecular flexibility index (Phi) is 3.28. The molecule has 2 rings (SSSR count). The first-order valence-corrected chi connectivity index (χ1v) is 5.88.